The van der Waals surface area contributed by atoms with Crippen LogP contribution < -0.4 is 10.2 Å². The van der Waals surface area contributed by atoms with Gasteiger partial charge in [-0.3, -0.25) is 0 Å². The Balaban J connectivity index is 2.17. The Kier molecular flexibility index (Phi) is 4.43. The normalized spacial score (nSPS) is 10.3. The van der Waals surface area contributed by atoms with Gasteiger partial charge < -0.3 is 10.2 Å². The fourth-order valence-corrected chi connectivity index (χ4v) is 2.27. The van der Waals surface area contributed by atoms with Crippen LogP contribution in [0, 0.1) is 5.82 Å². The van der Waals surface area contributed by atoms with Crippen molar-refractivity contribution in [3.05, 3.63) is 58.3 Å². The van der Waals surface area contributed by atoms with Gasteiger partial charge in [0.25, 0.3) is 0 Å². The Hall–Kier alpha value is -1.55. The van der Waals surface area contributed by atoms with E-state index in [-0.39, 0.29) is 5.82 Å². The summed E-state index contributed by atoms with van der Waals surface area (Å²) < 4.78 is 14.1. The number of nitrogens with one attached hydrogen (secondary N) is 1. The van der Waals surface area contributed by atoms with Crippen LogP contribution in [0.3, 0.4) is 0 Å². The smallest absolute Gasteiger partial charge is 0.123 e. The van der Waals surface area contributed by atoms with Crippen LogP contribution in [-0.2, 0) is 6.54 Å². The molecule has 2 aromatic carbocycles. The second-order valence-electron chi connectivity index (χ2n) is 4.50. The molecule has 4 heteroatoms. The first-order valence-electron chi connectivity index (χ1n) is 6.02. The van der Waals surface area contributed by atoms with Gasteiger partial charge in [0.05, 0.1) is 11.4 Å². The van der Waals surface area contributed by atoms with Gasteiger partial charge in [0, 0.05) is 25.1 Å². The first-order chi connectivity index (χ1) is 9.08. The number of hydrogen-bond donors (Lipinski definition) is 1. The molecule has 0 atom stereocenters. The fourth-order valence-electron chi connectivity index (χ4n) is 1.88. The summed E-state index contributed by atoms with van der Waals surface area (Å²) in [6.45, 7) is 0.573. The van der Waals surface area contributed by atoms with E-state index in [0.717, 1.165) is 21.4 Å². The zero-order chi connectivity index (χ0) is 13.8. The van der Waals surface area contributed by atoms with Crippen LogP contribution in [0.5, 0.6) is 0 Å². The van der Waals surface area contributed by atoms with Gasteiger partial charge in [-0.05, 0) is 35.9 Å². The molecule has 2 aromatic rings. The van der Waals surface area contributed by atoms with Crippen molar-refractivity contribution in [1.82, 2.24) is 0 Å². The molecule has 0 aromatic heterocycles. The number of rotatable bonds is 4. The molecule has 19 heavy (non-hydrogen) atoms. The van der Waals surface area contributed by atoms with Crippen LogP contribution in [0.4, 0.5) is 15.8 Å². The molecule has 1 N–H and O–H groups in total. The maximum absolute atomic E-state index is 13.2. The predicted octanol–water partition coefficient (Wildman–Crippen LogP) is 4.27. The predicted molar refractivity (Wildman–Crippen MR) is 82.2 cm³/mol. The second-order valence-corrected chi connectivity index (χ2v) is 5.36. The molecule has 2 rings (SSSR count). The van der Waals surface area contributed by atoms with Crippen LogP contribution in [0.1, 0.15) is 5.56 Å². The third-order valence-corrected chi connectivity index (χ3v) is 3.64. The average molecular weight is 323 g/mol. The standard InChI is InChI=1S/C15H16BrFN2/c1-19(2)15-6-4-3-5-14(15)18-10-11-9-12(17)7-8-13(11)16/h3-9,18H,10H2,1-2H3. The van der Waals surface area contributed by atoms with E-state index in [2.05, 4.69) is 21.2 Å². The lowest BCUT2D eigenvalue weighted by Gasteiger charge is -2.18. The summed E-state index contributed by atoms with van der Waals surface area (Å²) in [5.41, 5.74) is 3.03. The topological polar surface area (TPSA) is 15.3 Å². The third-order valence-electron chi connectivity index (χ3n) is 2.86. The van der Waals surface area contributed by atoms with Crippen LogP contribution in [0.15, 0.2) is 46.9 Å². The van der Waals surface area contributed by atoms with E-state index < -0.39 is 0 Å². The Labute approximate surface area is 121 Å². The summed E-state index contributed by atoms with van der Waals surface area (Å²) in [5.74, 6) is -0.221. The van der Waals surface area contributed by atoms with Crippen molar-refractivity contribution < 1.29 is 4.39 Å². The Morgan fingerprint density at radius 3 is 2.63 bits per heavy atom. The second kappa shape index (κ2) is 6.06. The van der Waals surface area contributed by atoms with Crippen LogP contribution in [-0.4, -0.2) is 14.1 Å². The van der Waals surface area contributed by atoms with Gasteiger partial charge in [0.1, 0.15) is 5.82 Å². The zero-order valence-corrected chi connectivity index (χ0v) is 12.5. The first-order valence-corrected chi connectivity index (χ1v) is 6.81. The van der Waals surface area contributed by atoms with Gasteiger partial charge in [0.15, 0.2) is 0 Å². The lowest BCUT2D eigenvalue weighted by atomic mass is 10.2. The number of benzene rings is 2. The Bertz CT molecular complexity index is 570. The van der Waals surface area contributed by atoms with Crippen molar-refractivity contribution in [3.8, 4) is 0 Å². The lowest BCUT2D eigenvalue weighted by molar-refractivity contribution is 0.625. The highest BCUT2D eigenvalue weighted by Gasteiger charge is 2.05. The summed E-state index contributed by atoms with van der Waals surface area (Å²) in [4.78, 5) is 2.04. The summed E-state index contributed by atoms with van der Waals surface area (Å²) in [6.07, 6.45) is 0. The molecule has 0 saturated heterocycles. The summed E-state index contributed by atoms with van der Waals surface area (Å²) in [6, 6.07) is 12.8. The van der Waals surface area contributed by atoms with Gasteiger partial charge in [-0.1, -0.05) is 28.1 Å². The van der Waals surface area contributed by atoms with Crippen molar-refractivity contribution in [1.29, 1.82) is 0 Å². The molecule has 0 radical (unpaired) electrons. The highest BCUT2D eigenvalue weighted by Crippen LogP contribution is 2.25. The molecule has 100 valence electrons. The minimum Gasteiger partial charge on any atom is -0.379 e. The van der Waals surface area contributed by atoms with Crippen molar-refractivity contribution in [2.24, 2.45) is 0 Å². The molecule has 0 amide bonds. The Morgan fingerprint density at radius 1 is 1.16 bits per heavy atom. The molecule has 0 aliphatic rings. The minimum absolute atomic E-state index is 0.221. The van der Waals surface area contributed by atoms with Crippen LogP contribution in [0.2, 0.25) is 0 Å². The van der Waals surface area contributed by atoms with Gasteiger partial charge >= 0.3 is 0 Å². The molecular formula is C15H16BrFN2. The van der Waals surface area contributed by atoms with Gasteiger partial charge in [0.2, 0.25) is 0 Å². The fraction of sp³-hybridized carbons (Fsp3) is 0.200. The molecule has 0 spiro atoms. The van der Waals surface area contributed by atoms with E-state index in [1.807, 2.05) is 43.3 Å². The largest absolute Gasteiger partial charge is 0.379 e. The average Bonchev–Trinajstić information content (AvgIpc) is 2.40. The van der Waals surface area contributed by atoms with Crippen LogP contribution in [0.25, 0.3) is 0 Å². The SMILES string of the molecule is CN(C)c1ccccc1NCc1cc(F)ccc1Br. The summed E-state index contributed by atoms with van der Waals surface area (Å²) in [5, 5.41) is 3.34. The minimum atomic E-state index is -0.221. The highest BCUT2D eigenvalue weighted by molar-refractivity contribution is 9.10. The zero-order valence-electron chi connectivity index (χ0n) is 11.0. The van der Waals surface area contributed by atoms with E-state index in [9.17, 15) is 4.39 Å². The van der Waals surface area contributed by atoms with Gasteiger partial charge in [-0.25, -0.2) is 4.39 Å². The molecule has 2 nitrogen and oxygen atoms in total. The number of hydrogen-bond acceptors (Lipinski definition) is 2. The highest BCUT2D eigenvalue weighted by atomic mass is 79.9. The lowest BCUT2D eigenvalue weighted by Crippen LogP contribution is -2.12. The number of halogens is 2. The maximum atomic E-state index is 13.2. The van der Waals surface area contributed by atoms with E-state index in [1.165, 1.54) is 12.1 Å². The van der Waals surface area contributed by atoms with Crippen molar-refractivity contribution in [2.75, 3.05) is 24.3 Å². The molecule has 0 bridgehead atoms. The molecule has 0 fully saturated rings. The molecule has 0 heterocycles. The number of nitrogens with zero attached hydrogens (tertiary/aromatic N) is 1. The van der Waals surface area contributed by atoms with E-state index in [4.69, 9.17) is 0 Å². The van der Waals surface area contributed by atoms with E-state index in [0.29, 0.717) is 6.54 Å². The Morgan fingerprint density at radius 2 is 1.89 bits per heavy atom. The molecular weight excluding hydrogens is 307 g/mol. The summed E-state index contributed by atoms with van der Waals surface area (Å²) >= 11 is 3.43. The maximum Gasteiger partial charge on any atom is 0.123 e. The van der Waals surface area contributed by atoms with E-state index >= 15 is 0 Å². The molecule has 0 saturated carbocycles. The van der Waals surface area contributed by atoms with Crippen molar-refractivity contribution in [2.45, 2.75) is 6.54 Å². The number of anilines is 2. The summed E-state index contributed by atoms with van der Waals surface area (Å²) in [7, 11) is 4.00. The monoisotopic (exact) mass is 322 g/mol. The molecule has 0 aliphatic heterocycles. The van der Waals surface area contributed by atoms with E-state index in [1.54, 1.807) is 6.07 Å². The van der Waals surface area contributed by atoms with Crippen LogP contribution >= 0.6 is 15.9 Å². The molecule has 0 aliphatic carbocycles. The van der Waals surface area contributed by atoms with Gasteiger partial charge in [-0.15, -0.1) is 0 Å². The van der Waals surface area contributed by atoms with Crippen molar-refractivity contribution >= 4 is 27.3 Å². The molecule has 0 unspecified atom stereocenters. The number of para-hydroxylation sites is 2. The van der Waals surface area contributed by atoms with Gasteiger partial charge in [-0.2, -0.15) is 0 Å². The first kappa shape index (κ1) is 13.9. The quantitative estimate of drug-likeness (QED) is 0.904. The third kappa shape index (κ3) is 3.47. The van der Waals surface area contributed by atoms with Crippen molar-refractivity contribution in [3.63, 3.8) is 0 Å².